The van der Waals surface area contributed by atoms with Crippen molar-refractivity contribution in [2.24, 2.45) is 5.92 Å². The first kappa shape index (κ1) is 21.4. The highest BCUT2D eigenvalue weighted by atomic mass is 35.5. The van der Waals surface area contributed by atoms with E-state index in [1.807, 2.05) is 41.8 Å². The van der Waals surface area contributed by atoms with Gasteiger partial charge in [-0.1, -0.05) is 36.4 Å². The molecule has 7 heteroatoms. The van der Waals surface area contributed by atoms with Crippen LogP contribution in [0.2, 0.25) is 0 Å². The van der Waals surface area contributed by atoms with Gasteiger partial charge in [0.15, 0.2) is 0 Å². The summed E-state index contributed by atoms with van der Waals surface area (Å²) < 4.78 is 0. The highest BCUT2D eigenvalue weighted by Crippen LogP contribution is 2.11. The number of piperidine rings is 1. The van der Waals surface area contributed by atoms with Gasteiger partial charge < -0.3 is 16.0 Å². The normalized spacial score (nSPS) is 17.4. The van der Waals surface area contributed by atoms with Crippen molar-refractivity contribution in [3.8, 4) is 0 Å². The summed E-state index contributed by atoms with van der Waals surface area (Å²) in [5.41, 5.74) is 1.03. The van der Waals surface area contributed by atoms with Crippen molar-refractivity contribution in [2.45, 2.75) is 25.3 Å². The molecule has 2 unspecified atom stereocenters. The van der Waals surface area contributed by atoms with Gasteiger partial charge in [-0.05, 0) is 48.9 Å². The zero-order valence-corrected chi connectivity index (χ0v) is 16.8. The molecule has 1 aliphatic heterocycles. The number of carbonyl (C=O) groups excluding carboxylic acids is 2. The molecule has 5 nitrogen and oxygen atoms in total. The fourth-order valence-electron chi connectivity index (χ4n) is 3.16. The lowest BCUT2D eigenvalue weighted by atomic mass is 9.99. The topological polar surface area (TPSA) is 70.2 Å². The van der Waals surface area contributed by atoms with E-state index < -0.39 is 6.04 Å². The number of carbonyl (C=O) groups is 2. The van der Waals surface area contributed by atoms with Gasteiger partial charge in [-0.3, -0.25) is 9.59 Å². The first-order chi connectivity index (χ1) is 12.7. The Hall–Kier alpha value is -1.89. The number of halogens is 1. The van der Waals surface area contributed by atoms with Crippen LogP contribution in [0.3, 0.4) is 0 Å². The molecule has 1 saturated heterocycles. The lowest BCUT2D eigenvalue weighted by Crippen LogP contribution is -2.49. The Morgan fingerprint density at radius 3 is 2.67 bits per heavy atom. The van der Waals surface area contributed by atoms with Crippen molar-refractivity contribution < 1.29 is 9.59 Å². The Morgan fingerprint density at radius 2 is 2.00 bits per heavy atom. The molecule has 2 amide bonds. The van der Waals surface area contributed by atoms with Gasteiger partial charge in [0.1, 0.15) is 6.04 Å². The van der Waals surface area contributed by atoms with Crippen LogP contribution in [0, 0.1) is 5.92 Å². The molecule has 146 valence electrons. The van der Waals surface area contributed by atoms with Gasteiger partial charge in [0.2, 0.25) is 5.91 Å². The first-order valence-corrected chi connectivity index (χ1v) is 9.97. The van der Waals surface area contributed by atoms with E-state index >= 15 is 0 Å². The minimum absolute atomic E-state index is 0. The van der Waals surface area contributed by atoms with Crippen LogP contribution >= 0.6 is 23.7 Å². The summed E-state index contributed by atoms with van der Waals surface area (Å²) in [4.78, 5) is 25.8. The van der Waals surface area contributed by atoms with Gasteiger partial charge in [0, 0.05) is 13.0 Å². The van der Waals surface area contributed by atoms with Crippen molar-refractivity contribution in [1.82, 2.24) is 16.0 Å². The van der Waals surface area contributed by atoms with Crippen molar-refractivity contribution in [2.75, 3.05) is 19.6 Å². The van der Waals surface area contributed by atoms with E-state index in [1.165, 1.54) is 11.3 Å². The molecule has 1 aromatic carbocycles. The monoisotopic (exact) mass is 407 g/mol. The zero-order valence-electron chi connectivity index (χ0n) is 15.1. The third-order valence-electron chi connectivity index (χ3n) is 4.61. The van der Waals surface area contributed by atoms with Crippen LogP contribution in [0.4, 0.5) is 0 Å². The number of nitrogens with one attached hydrogen (secondary N) is 3. The summed E-state index contributed by atoms with van der Waals surface area (Å²) in [6.45, 7) is 2.63. The fraction of sp³-hybridized carbons (Fsp3) is 0.400. The van der Waals surface area contributed by atoms with Crippen LogP contribution in [0.1, 0.15) is 28.1 Å². The van der Waals surface area contributed by atoms with Gasteiger partial charge in [-0.2, -0.15) is 0 Å². The van der Waals surface area contributed by atoms with Crippen molar-refractivity contribution in [3.05, 3.63) is 58.3 Å². The molecular formula is C20H26ClN3O2S. The van der Waals surface area contributed by atoms with Crippen molar-refractivity contribution in [1.29, 1.82) is 0 Å². The Morgan fingerprint density at radius 1 is 1.19 bits per heavy atom. The number of hydrogen-bond acceptors (Lipinski definition) is 4. The lowest BCUT2D eigenvalue weighted by molar-refractivity contribution is -0.123. The molecule has 1 aromatic heterocycles. The third kappa shape index (κ3) is 6.65. The summed E-state index contributed by atoms with van der Waals surface area (Å²) in [5, 5.41) is 11.1. The van der Waals surface area contributed by atoms with Gasteiger partial charge in [-0.25, -0.2) is 0 Å². The summed E-state index contributed by atoms with van der Waals surface area (Å²) in [6.07, 6.45) is 2.74. The minimum atomic E-state index is -0.580. The summed E-state index contributed by atoms with van der Waals surface area (Å²) in [6, 6.07) is 12.8. The van der Waals surface area contributed by atoms with Gasteiger partial charge in [0.25, 0.3) is 5.91 Å². The molecule has 0 aliphatic carbocycles. The largest absolute Gasteiger partial charge is 0.354 e. The second-order valence-electron chi connectivity index (χ2n) is 6.65. The van der Waals surface area contributed by atoms with Crippen LogP contribution < -0.4 is 16.0 Å². The van der Waals surface area contributed by atoms with Crippen molar-refractivity contribution >= 4 is 35.6 Å². The minimum Gasteiger partial charge on any atom is -0.354 e. The maximum absolute atomic E-state index is 12.8. The number of rotatable bonds is 7. The standard InChI is InChI=1S/C20H25N3O2S.ClH/c24-19(22-14-16-8-4-10-21-13-16)17(12-15-6-2-1-3-7-15)23-20(25)18-9-5-11-26-18;/h1-3,5-7,9,11,16-17,21H,4,8,10,12-14H2,(H,22,24)(H,23,25);1H. The van der Waals surface area contributed by atoms with Gasteiger partial charge in [0.05, 0.1) is 4.88 Å². The maximum Gasteiger partial charge on any atom is 0.262 e. The molecule has 2 heterocycles. The zero-order chi connectivity index (χ0) is 18.2. The quantitative estimate of drug-likeness (QED) is 0.660. The molecule has 2 aromatic rings. The van der Waals surface area contributed by atoms with Crippen LogP contribution in [0.25, 0.3) is 0 Å². The SMILES string of the molecule is Cl.O=C(NC(Cc1ccccc1)C(=O)NCC1CCCNC1)c1cccs1. The molecule has 2 atom stereocenters. The van der Waals surface area contributed by atoms with E-state index in [9.17, 15) is 9.59 Å². The molecule has 27 heavy (non-hydrogen) atoms. The van der Waals surface area contributed by atoms with Gasteiger partial charge in [-0.15, -0.1) is 23.7 Å². The van der Waals surface area contributed by atoms with Gasteiger partial charge >= 0.3 is 0 Å². The van der Waals surface area contributed by atoms with Crippen LogP contribution in [-0.2, 0) is 11.2 Å². The molecule has 0 saturated carbocycles. The van der Waals surface area contributed by atoms with E-state index in [-0.39, 0.29) is 24.2 Å². The summed E-state index contributed by atoms with van der Waals surface area (Å²) in [7, 11) is 0. The predicted molar refractivity (Wildman–Crippen MR) is 112 cm³/mol. The molecular weight excluding hydrogens is 382 g/mol. The second kappa shape index (κ2) is 11.1. The molecule has 3 N–H and O–H groups in total. The predicted octanol–water partition coefficient (Wildman–Crippen LogP) is 2.63. The number of benzene rings is 1. The van der Waals surface area contributed by atoms with Crippen LogP contribution in [0.15, 0.2) is 47.8 Å². The fourth-order valence-corrected chi connectivity index (χ4v) is 3.79. The maximum atomic E-state index is 12.8. The Bertz CT molecular complexity index is 703. The molecule has 0 spiro atoms. The third-order valence-corrected chi connectivity index (χ3v) is 5.48. The Kier molecular flexibility index (Phi) is 8.78. The number of hydrogen-bond donors (Lipinski definition) is 3. The van der Waals surface area contributed by atoms with E-state index in [0.29, 0.717) is 23.8 Å². The Balaban J connectivity index is 0.00000261. The average Bonchev–Trinajstić information content (AvgIpc) is 3.22. The van der Waals surface area contributed by atoms with E-state index in [4.69, 9.17) is 0 Å². The number of amides is 2. The summed E-state index contributed by atoms with van der Waals surface area (Å²) >= 11 is 1.38. The first-order valence-electron chi connectivity index (χ1n) is 9.09. The van der Waals surface area contributed by atoms with Crippen molar-refractivity contribution in [3.63, 3.8) is 0 Å². The molecule has 1 fully saturated rings. The second-order valence-corrected chi connectivity index (χ2v) is 7.60. The van der Waals surface area contributed by atoms with E-state index in [1.54, 1.807) is 6.07 Å². The highest BCUT2D eigenvalue weighted by Gasteiger charge is 2.23. The molecule has 0 radical (unpaired) electrons. The molecule has 3 rings (SSSR count). The smallest absolute Gasteiger partial charge is 0.262 e. The summed E-state index contributed by atoms with van der Waals surface area (Å²) in [5.74, 6) is 0.137. The van der Waals surface area contributed by atoms with Crippen LogP contribution in [0.5, 0.6) is 0 Å². The van der Waals surface area contributed by atoms with Crippen LogP contribution in [-0.4, -0.2) is 37.5 Å². The van der Waals surface area contributed by atoms with E-state index in [0.717, 1.165) is 31.5 Å². The lowest BCUT2D eigenvalue weighted by Gasteiger charge is -2.24. The Labute approximate surface area is 170 Å². The molecule has 1 aliphatic rings. The molecule has 0 bridgehead atoms. The van der Waals surface area contributed by atoms with E-state index in [2.05, 4.69) is 16.0 Å². The number of thiophene rings is 1. The highest BCUT2D eigenvalue weighted by molar-refractivity contribution is 7.12. The average molecular weight is 408 g/mol.